The predicted octanol–water partition coefficient (Wildman–Crippen LogP) is 4.84. The minimum absolute atomic E-state index is 0.168. The number of nitrogens with zero attached hydrogens (tertiary/aromatic N) is 1. The lowest BCUT2D eigenvalue weighted by Crippen LogP contribution is -2.43. The van der Waals surface area contributed by atoms with Crippen LogP contribution in [-0.2, 0) is 10.9 Å². The van der Waals surface area contributed by atoms with Crippen molar-refractivity contribution >= 4 is 5.91 Å². The van der Waals surface area contributed by atoms with E-state index in [9.17, 15) is 18.0 Å². The van der Waals surface area contributed by atoms with Gasteiger partial charge in [-0.2, -0.15) is 13.2 Å². The summed E-state index contributed by atoms with van der Waals surface area (Å²) in [6.07, 6.45) is 0.0966. The van der Waals surface area contributed by atoms with E-state index in [4.69, 9.17) is 14.2 Å². The second-order valence-corrected chi connectivity index (χ2v) is 8.88. The van der Waals surface area contributed by atoms with E-state index in [0.717, 1.165) is 37.8 Å². The van der Waals surface area contributed by atoms with Gasteiger partial charge in [0.1, 0.15) is 0 Å². The molecule has 0 bridgehead atoms. The van der Waals surface area contributed by atoms with E-state index < -0.39 is 11.7 Å². The highest BCUT2D eigenvalue weighted by Crippen LogP contribution is 2.33. The van der Waals surface area contributed by atoms with Crippen LogP contribution in [0.1, 0.15) is 53.2 Å². The summed E-state index contributed by atoms with van der Waals surface area (Å²) in [4.78, 5) is 15.1. The van der Waals surface area contributed by atoms with Crippen molar-refractivity contribution in [2.75, 3.05) is 40.0 Å². The van der Waals surface area contributed by atoms with Crippen molar-refractivity contribution in [1.29, 1.82) is 0 Å². The molecule has 0 spiro atoms. The van der Waals surface area contributed by atoms with Crippen LogP contribution in [0.15, 0.2) is 42.5 Å². The zero-order chi connectivity index (χ0) is 24.8. The molecule has 35 heavy (non-hydrogen) atoms. The number of hydrogen-bond acceptors (Lipinski definition) is 5. The number of morpholine rings is 1. The highest BCUT2D eigenvalue weighted by molar-refractivity contribution is 5.94. The highest BCUT2D eigenvalue weighted by atomic mass is 19.4. The number of carbonyl (C=O) groups is 1. The molecule has 1 saturated carbocycles. The Morgan fingerprint density at radius 1 is 1.09 bits per heavy atom. The van der Waals surface area contributed by atoms with Crippen molar-refractivity contribution < 1.29 is 32.2 Å². The molecule has 1 saturated heterocycles. The summed E-state index contributed by atoms with van der Waals surface area (Å²) in [6, 6.07) is 9.95. The van der Waals surface area contributed by atoms with E-state index in [0.29, 0.717) is 48.9 Å². The van der Waals surface area contributed by atoms with Crippen LogP contribution in [0.5, 0.6) is 11.5 Å². The van der Waals surface area contributed by atoms with Crippen LogP contribution >= 0.6 is 0 Å². The SMILES string of the molecule is COc1cc(C(=O)NCC(c2ccc(C(F)(F)F)cc2)N2CCOCC2)ccc1OC1CCCC1. The van der Waals surface area contributed by atoms with Crippen LogP contribution in [-0.4, -0.2) is 56.9 Å². The lowest BCUT2D eigenvalue weighted by Gasteiger charge is -2.35. The molecule has 2 fully saturated rings. The fourth-order valence-electron chi connectivity index (χ4n) is 4.62. The number of nitrogens with one attached hydrogen (secondary N) is 1. The van der Waals surface area contributed by atoms with Crippen LogP contribution in [0.3, 0.4) is 0 Å². The molecule has 1 atom stereocenters. The number of ether oxygens (including phenoxy) is 3. The van der Waals surface area contributed by atoms with Gasteiger partial charge in [0, 0.05) is 25.2 Å². The van der Waals surface area contributed by atoms with E-state index in [2.05, 4.69) is 10.2 Å². The second kappa shape index (κ2) is 11.3. The number of halogens is 3. The Morgan fingerprint density at radius 3 is 2.40 bits per heavy atom. The molecule has 1 amide bonds. The maximum Gasteiger partial charge on any atom is 0.416 e. The van der Waals surface area contributed by atoms with Gasteiger partial charge in [-0.05, 0) is 61.6 Å². The number of alkyl halides is 3. The molecule has 0 radical (unpaired) electrons. The lowest BCUT2D eigenvalue weighted by molar-refractivity contribution is -0.137. The van der Waals surface area contributed by atoms with Gasteiger partial charge in [0.25, 0.3) is 5.91 Å². The predicted molar refractivity (Wildman–Crippen MR) is 125 cm³/mol. The molecule has 9 heteroatoms. The van der Waals surface area contributed by atoms with Gasteiger partial charge >= 0.3 is 6.18 Å². The van der Waals surface area contributed by atoms with Crippen LogP contribution in [0.4, 0.5) is 13.2 Å². The molecular formula is C26H31F3N2O4. The van der Waals surface area contributed by atoms with Gasteiger partial charge < -0.3 is 19.5 Å². The summed E-state index contributed by atoms with van der Waals surface area (Å²) < 4.78 is 56.0. The Hall–Kier alpha value is -2.78. The molecule has 2 aliphatic rings. The second-order valence-electron chi connectivity index (χ2n) is 8.88. The van der Waals surface area contributed by atoms with Gasteiger partial charge in [-0.3, -0.25) is 9.69 Å². The average molecular weight is 493 g/mol. The summed E-state index contributed by atoms with van der Waals surface area (Å²) in [5.74, 6) is 0.824. The van der Waals surface area contributed by atoms with Crippen molar-refractivity contribution in [2.24, 2.45) is 0 Å². The van der Waals surface area contributed by atoms with Crippen LogP contribution in [0, 0.1) is 0 Å². The Balaban J connectivity index is 1.46. The number of amides is 1. The maximum atomic E-state index is 13.0. The first kappa shape index (κ1) is 25.3. The Bertz CT molecular complexity index is 985. The summed E-state index contributed by atoms with van der Waals surface area (Å²) in [6.45, 7) is 2.56. The van der Waals surface area contributed by atoms with E-state index in [1.54, 1.807) is 18.2 Å². The van der Waals surface area contributed by atoms with Crippen LogP contribution in [0.2, 0.25) is 0 Å². The average Bonchev–Trinajstić information content (AvgIpc) is 3.38. The molecule has 1 aliphatic heterocycles. The lowest BCUT2D eigenvalue weighted by atomic mass is 10.0. The van der Waals surface area contributed by atoms with Gasteiger partial charge in [0.05, 0.1) is 38.0 Å². The fourth-order valence-corrected chi connectivity index (χ4v) is 4.62. The molecule has 1 aliphatic carbocycles. The monoisotopic (exact) mass is 492 g/mol. The van der Waals surface area contributed by atoms with Gasteiger partial charge in [-0.1, -0.05) is 12.1 Å². The molecule has 1 heterocycles. The number of benzene rings is 2. The van der Waals surface area contributed by atoms with E-state index in [-0.39, 0.29) is 24.6 Å². The molecule has 0 aromatic heterocycles. The minimum atomic E-state index is -4.39. The molecule has 2 aromatic rings. The number of hydrogen-bond donors (Lipinski definition) is 1. The summed E-state index contributed by atoms with van der Waals surface area (Å²) in [7, 11) is 1.54. The Labute approximate surface area is 203 Å². The van der Waals surface area contributed by atoms with Crippen LogP contribution < -0.4 is 14.8 Å². The topological polar surface area (TPSA) is 60.0 Å². The third kappa shape index (κ3) is 6.46. The molecule has 6 nitrogen and oxygen atoms in total. The normalized spacial score (nSPS) is 18.3. The molecule has 190 valence electrons. The Morgan fingerprint density at radius 2 is 1.77 bits per heavy atom. The smallest absolute Gasteiger partial charge is 0.416 e. The number of rotatable bonds is 8. The van der Waals surface area contributed by atoms with Crippen molar-refractivity contribution in [1.82, 2.24) is 10.2 Å². The number of carbonyl (C=O) groups excluding carboxylic acids is 1. The molecule has 4 rings (SSSR count). The van der Waals surface area contributed by atoms with Crippen molar-refractivity contribution in [3.05, 3.63) is 59.2 Å². The van der Waals surface area contributed by atoms with Crippen molar-refractivity contribution in [3.63, 3.8) is 0 Å². The van der Waals surface area contributed by atoms with Crippen molar-refractivity contribution in [2.45, 2.75) is 44.0 Å². The first-order valence-corrected chi connectivity index (χ1v) is 12.0. The zero-order valence-electron chi connectivity index (χ0n) is 19.8. The number of methoxy groups -OCH3 is 1. The van der Waals surface area contributed by atoms with E-state index in [1.165, 1.54) is 19.2 Å². The minimum Gasteiger partial charge on any atom is -0.493 e. The zero-order valence-corrected chi connectivity index (χ0v) is 19.8. The van der Waals surface area contributed by atoms with Gasteiger partial charge in [-0.25, -0.2) is 0 Å². The van der Waals surface area contributed by atoms with Gasteiger partial charge in [0.15, 0.2) is 11.5 Å². The summed E-state index contributed by atoms with van der Waals surface area (Å²) in [5, 5.41) is 2.94. The molecule has 2 aromatic carbocycles. The fraction of sp³-hybridized carbons (Fsp3) is 0.500. The Kier molecular flexibility index (Phi) is 8.18. The molecule has 1 N–H and O–H groups in total. The molecule has 1 unspecified atom stereocenters. The standard InChI is InChI=1S/C26H31F3N2O4/c1-33-24-16-19(8-11-23(24)35-21-4-2-3-5-21)25(32)30-17-22(31-12-14-34-15-13-31)18-6-9-20(10-7-18)26(27,28)29/h6-11,16,21-22H,2-5,12-15,17H2,1H3,(H,30,32). The first-order chi connectivity index (χ1) is 16.8. The first-order valence-electron chi connectivity index (χ1n) is 12.0. The largest absolute Gasteiger partial charge is 0.493 e. The molecular weight excluding hydrogens is 461 g/mol. The highest BCUT2D eigenvalue weighted by Gasteiger charge is 2.31. The van der Waals surface area contributed by atoms with Crippen LogP contribution in [0.25, 0.3) is 0 Å². The van der Waals surface area contributed by atoms with E-state index >= 15 is 0 Å². The maximum absolute atomic E-state index is 13.0. The quantitative estimate of drug-likeness (QED) is 0.572. The third-order valence-corrected chi connectivity index (χ3v) is 6.59. The summed E-state index contributed by atoms with van der Waals surface area (Å²) in [5.41, 5.74) is 0.435. The van der Waals surface area contributed by atoms with Gasteiger partial charge in [-0.15, -0.1) is 0 Å². The summed E-state index contributed by atoms with van der Waals surface area (Å²) >= 11 is 0. The van der Waals surface area contributed by atoms with E-state index in [1.807, 2.05) is 0 Å². The van der Waals surface area contributed by atoms with Gasteiger partial charge in [0.2, 0.25) is 0 Å². The third-order valence-electron chi connectivity index (χ3n) is 6.59. The van der Waals surface area contributed by atoms with Crippen molar-refractivity contribution in [3.8, 4) is 11.5 Å².